The third-order valence-corrected chi connectivity index (χ3v) is 8.36. The van der Waals surface area contributed by atoms with Crippen molar-refractivity contribution in [1.29, 1.82) is 0 Å². The number of halogens is 1. The smallest absolute Gasteiger partial charge is 0.274 e. The Labute approximate surface area is 204 Å². The van der Waals surface area contributed by atoms with E-state index in [1.165, 1.54) is 10.4 Å². The van der Waals surface area contributed by atoms with Gasteiger partial charge in [0.1, 0.15) is 17.3 Å². The molecule has 0 aliphatic carbocycles. The summed E-state index contributed by atoms with van der Waals surface area (Å²) in [5.74, 6) is -1.34. The second-order valence-electron chi connectivity index (χ2n) is 9.23. The zero-order valence-electron chi connectivity index (χ0n) is 20.0. The van der Waals surface area contributed by atoms with E-state index in [0.29, 0.717) is 32.1 Å². The lowest BCUT2D eigenvalue weighted by Crippen LogP contribution is -2.54. The topological polar surface area (TPSA) is 115 Å². The molecule has 2 N–H and O–H groups in total. The SMILES string of the molecule is C=C1C(O)=C(C(=O)NCc2ccc(F)cc2S(=O)(=O)N2CCN(C)CC2)N=C2N1CCOC2(C)C. The molecule has 10 nitrogen and oxygen atoms in total. The Morgan fingerprint density at radius 3 is 2.63 bits per heavy atom. The molecule has 0 atom stereocenters. The van der Waals surface area contributed by atoms with Gasteiger partial charge in [-0.15, -0.1) is 0 Å². The minimum absolute atomic E-state index is 0.201. The minimum atomic E-state index is -3.97. The van der Waals surface area contributed by atoms with E-state index in [1.54, 1.807) is 18.7 Å². The maximum absolute atomic E-state index is 14.1. The summed E-state index contributed by atoms with van der Waals surface area (Å²) in [6.45, 7) is 9.83. The third kappa shape index (κ3) is 4.83. The normalized spacial score (nSPS) is 21.5. The molecule has 190 valence electrons. The number of carbonyl (C=O) groups excluding carboxylic acids is 1. The fourth-order valence-electron chi connectivity index (χ4n) is 4.27. The number of sulfonamides is 1. The highest BCUT2D eigenvalue weighted by Crippen LogP contribution is 2.31. The molecule has 4 rings (SSSR count). The van der Waals surface area contributed by atoms with Gasteiger partial charge in [-0.3, -0.25) is 4.79 Å². The number of hydrogen-bond acceptors (Lipinski definition) is 8. The van der Waals surface area contributed by atoms with Gasteiger partial charge in [0.25, 0.3) is 5.91 Å². The molecule has 0 unspecified atom stereocenters. The number of nitrogens with one attached hydrogen (secondary N) is 1. The number of aliphatic hydroxyl groups excluding tert-OH is 1. The number of nitrogens with zero attached hydrogens (tertiary/aromatic N) is 4. The molecule has 3 heterocycles. The second-order valence-corrected chi connectivity index (χ2v) is 11.1. The van der Waals surface area contributed by atoms with Crippen LogP contribution in [0.5, 0.6) is 0 Å². The molecule has 0 spiro atoms. The molecule has 0 radical (unpaired) electrons. The van der Waals surface area contributed by atoms with Crippen LogP contribution in [0, 0.1) is 5.82 Å². The number of likely N-dealkylation sites (N-methyl/N-ethyl adjacent to an activating group) is 1. The fraction of sp³-hybridized carbons (Fsp3) is 0.478. The average Bonchev–Trinajstić information content (AvgIpc) is 2.80. The van der Waals surface area contributed by atoms with Gasteiger partial charge in [-0.1, -0.05) is 12.6 Å². The molecule has 1 aromatic rings. The molecule has 3 aliphatic heterocycles. The molecule has 2 saturated heterocycles. The molecule has 3 aliphatic rings. The van der Waals surface area contributed by atoms with E-state index < -0.39 is 27.3 Å². The lowest BCUT2D eigenvalue weighted by molar-refractivity contribution is -0.118. The Balaban J connectivity index is 1.58. The van der Waals surface area contributed by atoms with Crippen LogP contribution in [0.1, 0.15) is 19.4 Å². The molecule has 12 heteroatoms. The Hall–Kier alpha value is -2.80. The number of aliphatic hydroxyl groups is 1. The fourth-order valence-corrected chi connectivity index (χ4v) is 5.92. The second kappa shape index (κ2) is 9.34. The van der Waals surface area contributed by atoms with Crippen molar-refractivity contribution in [2.24, 2.45) is 4.99 Å². The summed E-state index contributed by atoms with van der Waals surface area (Å²) in [4.78, 5) is 20.9. The lowest BCUT2D eigenvalue weighted by Gasteiger charge is -2.43. The highest BCUT2D eigenvalue weighted by atomic mass is 32.2. The summed E-state index contributed by atoms with van der Waals surface area (Å²) in [5, 5.41) is 13.2. The van der Waals surface area contributed by atoms with E-state index in [1.807, 2.05) is 11.9 Å². The van der Waals surface area contributed by atoms with Crippen molar-refractivity contribution in [2.75, 3.05) is 46.4 Å². The largest absolute Gasteiger partial charge is 0.504 e. The first-order valence-electron chi connectivity index (χ1n) is 11.3. The molecule has 0 bridgehead atoms. The lowest BCUT2D eigenvalue weighted by atomic mass is 10.0. The van der Waals surface area contributed by atoms with Gasteiger partial charge >= 0.3 is 0 Å². The van der Waals surface area contributed by atoms with Crippen molar-refractivity contribution in [3.05, 3.63) is 53.3 Å². The number of amidine groups is 1. The summed E-state index contributed by atoms with van der Waals surface area (Å²) in [6.07, 6.45) is 0. The van der Waals surface area contributed by atoms with Crippen molar-refractivity contribution in [2.45, 2.75) is 30.9 Å². The van der Waals surface area contributed by atoms with E-state index in [-0.39, 0.29) is 47.2 Å². The van der Waals surface area contributed by atoms with Gasteiger partial charge in [0.05, 0.1) is 17.2 Å². The standard InChI is InChI=1S/C23H30FN5O5S/c1-15-20(30)19(26-22-23(2,3)34-12-11-29(15)22)21(31)25-14-16-5-6-17(24)13-18(16)35(32,33)28-9-7-27(4)8-10-28/h5-6,13,30H,1,7-12,14H2,2-4H3,(H,25,31). The van der Waals surface area contributed by atoms with E-state index in [4.69, 9.17) is 4.74 Å². The summed E-state index contributed by atoms with van der Waals surface area (Å²) < 4.78 is 47.6. The van der Waals surface area contributed by atoms with Crippen molar-refractivity contribution in [3.63, 3.8) is 0 Å². The Bertz CT molecular complexity index is 1220. The van der Waals surface area contributed by atoms with Crippen molar-refractivity contribution >= 4 is 21.8 Å². The number of morpholine rings is 1. The number of ether oxygens (including phenoxy) is 1. The number of rotatable bonds is 5. The Morgan fingerprint density at radius 1 is 1.26 bits per heavy atom. The first-order valence-corrected chi connectivity index (χ1v) is 12.7. The average molecular weight is 508 g/mol. The molecule has 1 aromatic carbocycles. The van der Waals surface area contributed by atoms with Crippen LogP contribution in [-0.2, 0) is 26.1 Å². The van der Waals surface area contributed by atoms with Crippen molar-refractivity contribution in [1.82, 2.24) is 19.4 Å². The molecular formula is C23H30FN5O5S. The number of hydrogen-bond donors (Lipinski definition) is 2. The predicted molar refractivity (Wildman–Crippen MR) is 127 cm³/mol. The number of carbonyl (C=O) groups is 1. The van der Waals surface area contributed by atoms with Crippen LogP contribution in [0.15, 0.2) is 51.8 Å². The first-order chi connectivity index (χ1) is 16.4. The van der Waals surface area contributed by atoms with Crippen LogP contribution in [0.25, 0.3) is 0 Å². The summed E-state index contributed by atoms with van der Waals surface area (Å²) in [7, 11) is -2.07. The molecular weight excluding hydrogens is 477 g/mol. The number of piperazine rings is 1. The van der Waals surface area contributed by atoms with Gasteiger partial charge in [0.15, 0.2) is 11.5 Å². The van der Waals surface area contributed by atoms with Gasteiger partial charge in [-0.2, -0.15) is 4.31 Å². The van der Waals surface area contributed by atoms with E-state index in [0.717, 1.165) is 12.1 Å². The quantitative estimate of drug-likeness (QED) is 0.615. The van der Waals surface area contributed by atoms with Crippen LogP contribution < -0.4 is 5.32 Å². The number of aliphatic imine (C=N–C) groups is 1. The minimum Gasteiger partial charge on any atom is -0.504 e. The summed E-state index contributed by atoms with van der Waals surface area (Å²) in [5.41, 5.74) is -0.584. The Kier molecular flexibility index (Phi) is 6.75. The zero-order chi connectivity index (χ0) is 25.5. The third-order valence-electron chi connectivity index (χ3n) is 6.38. The predicted octanol–water partition coefficient (Wildman–Crippen LogP) is 1.18. The van der Waals surface area contributed by atoms with Gasteiger partial charge < -0.3 is 25.0 Å². The molecule has 0 saturated carbocycles. The van der Waals surface area contributed by atoms with Gasteiger partial charge in [0, 0.05) is 39.3 Å². The zero-order valence-corrected chi connectivity index (χ0v) is 20.9. The maximum Gasteiger partial charge on any atom is 0.274 e. The van der Waals surface area contributed by atoms with Gasteiger partial charge in [-0.25, -0.2) is 17.8 Å². The molecule has 0 aromatic heterocycles. The van der Waals surface area contributed by atoms with Crippen molar-refractivity contribution in [3.8, 4) is 0 Å². The van der Waals surface area contributed by atoms with Crippen LogP contribution in [-0.4, -0.2) is 91.4 Å². The van der Waals surface area contributed by atoms with E-state index >= 15 is 0 Å². The molecule has 2 fully saturated rings. The monoisotopic (exact) mass is 507 g/mol. The number of amides is 1. The number of fused-ring (bicyclic) bond motifs is 1. The summed E-state index contributed by atoms with van der Waals surface area (Å²) in [6, 6.07) is 3.44. The van der Waals surface area contributed by atoms with E-state index in [9.17, 15) is 22.7 Å². The number of benzene rings is 1. The van der Waals surface area contributed by atoms with Crippen molar-refractivity contribution < 1.29 is 27.4 Å². The van der Waals surface area contributed by atoms with Crippen LogP contribution in [0.3, 0.4) is 0 Å². The van der Waals surface area contributed by atoms with E-state index in [2.05, 4.69) is 16.9 Å². The van der Waals surface area contributed by atoms with Gasteiger partial charge in [0.2, 0.25) is 10.0 Å². The Morgan fingerprint density at radius 2 is 1.94 bits per heavy atom. The van der Waals surface area contributed by atoms with Gasteiger partial charge in [-0.05, 0) is 38.6 Å². The first kappa shape index (κ1) is 25.3. The molecule has 35 heavy (non-hydrogen) atoms. The highest BCUT2D eigenvalue weighted by molar-refractivity contribution is 7.89. The maximum atomic E-state index is 14.1. The van der Waals surface area contributed by atoms with Crippen LogP contribution >= 0.6 is 0 Å². The molecule has 1 amide bonds. The van der Waals surface area contributed by atoms with Crippen LogP contribution in [0.4, 0.5) is 4.39 Å². The summed E-state index contributed by atoms with van der Waals surface area (Å²) >= 11 is 0. The highest BCUT2D eigenvalue weighted by Gasteiger charge is 2.41. The van der Waals surface area contributed by atoms with Crippen LogP contribution in [0.2, 0.25) is 0 Å².